The van der Waals surface area contributed by atoms with Gasteiger partial charge in [0.25, 0.3) is 0 Å². The van der Waals surface area contributed by atoms with Crippen LogP contribution in [0.3, 0.4) is 0 Å². The maximum absolute atomic E-state index is 13.0. The maximum atomic E-state index is 13.0. The number of alkyl halides is 3. The highest BCUT2D eigenvalue weighted by Crippen LogP contribution is 2.35. The molecule has 6 heteroatoms. The van der Waals surface area contributed by atoms with E-state index in [4.69, 9.17) is 0 Å². The number of nitrogens with zero attached hydrogens (tertiary/aromatic N) is 2. The fourth-order valence-electron chi connectivity index (χ4n) is 3.36. The summed E-state index contributed by atoms with van der Waals surface area (Å²) in [6.07, 6.45) is 4.35. The van der Waals surface area contributed by atoms with E-state index >= 15 is 0 Å². The number of anilines is 1. The fourth-order valence-corrected chi connectivity index (χ4v) is 3.36. The van der Waals surface area contributed by atoms with Crippen LogP contribution >= 0.6 is 0 Å². The van der Waals surface area contributed by atoms with E-state index in [9.17, 15) is 13.2 Å². The lowest BCUT2D eigenvalue weighted by molar-refractivity contribution is -0.137. The molecule has 0 bridgehead atoms. The van der Waals surface area contributed by atoms with E-state index < -0.39 is 11.7 Å². The van der Waals surface area contributed by atoms with Crippen molar-refractivity contribution in [2.75, 3.05) is 5.32 Å². The lowest BCUT2D eigenvalue weighted by Gasteiger charge is -2.23. The number of hydrogen-bond acceptors (Lipinski definition) is 3. The van der Waals surface area contributed by atoms with Crippen molar-refractivity contribution in [3.05, 3.63) is 78.3 Å². The van der Waals surface area contributed by atoms with Crippen LogP contribution in [-0.2, 0) is 6.18 Å². The minimum Gasteiger partial charge on any atom is -0.379 e. The standard InChI is InChI=1S/C20H16F3N3/c21-20(22,23)15-10-14(11-24-12-15)16-6-2-7-17(16)26-18-8-1-4-13-5-3-9-25-19(13)18/h1-6,8-12,16-17,26H,7H2. The van der Waals surface area contributed by atoms with E-state index in [-0.39, 0.29) is 12.0 Å². The van der Waals surface area contributed by atoms with Crippen molar-refractivity contribution in [2.24, 2.45) is 0 Å². The first-order chi connectivity index (χ1) is 12.5. The molecule has 0 aliphatic heterocycles. The number of fused-ring (bicyclic) bond motifs is 1. The van der Waals surface area contributed by atoms with Gasteiger partial charge in [0, 0.05) is 35.9 Å². The summed E-state index contributed by atoms with van der Waals surface area (Å²) in [5.41, 5.74) is 1.56. The Balaban J connectivity index is 1.64. The molecule has 0 amide bonds. The lowest BCUT2D eigenvalue weighted by atomic mass is 9.94. The molecular weight excluding hydrogens is 339 g/mol. The average molecular weight is 355 g/mol. The van der Waals surface area contributed by atoms with Gasteiger partial charge in [-0.2, -0.15) is 13.2 Å². The Hall–Kier alpha value is -2.89. The molecule has 26 heavy (non-hydrogen) atoms. The first-order valence-electron chi connectivity index (χ1n) is 8.31. The number of aromatic nitrogens is 2. The van der Waals surface area contributed by atoms with Crippen molar-refractivity contribution in [1.29, 1.82) is 0 Å². The van der Waals surface area contributed by atoms with Crippen molar-refractivity contribution in [3.63, 3.8) is 0 Å². The van der Waals surface area contributed by atoms with Gasteiger partial charge >= 0.3 is 6.18 Å². The zero-order chi connectivity index (χ0) is 18.1. The Labute approximate surface area is 148 Å². The highest BCUT2D eigenvalue weighted by Gasteiger charge is 2.33. The van der Waals surface area contributed by atoms with Crippen LogP contribution in [0.2, 0.25) is 0 Å². The number of nitrogens with one attached hydrogen (secondary N) is 1. The Morgan fingerprint density at radius 3 is 2.77 bits per heavy atom. The van der Waals surface area contributed by atoms with Crippen molar-refractivity contribution in [2.45, 2.75) is 24.6 Å². The molecule has 132 valence electrons. The number of benzene rings is 1. The van der Waals surface area contributed by atoms with Gasteiger partial charge in [0.15, 0.2) is 0 Å². The molecule has 0 fully saturated rings. The number of hydrogen-bond donors (Lipinski definition) is 1. The van der Waals surface area contributed by atoms with Gasteiger partial charge in [0.2, 0.25) is 0 Å². The van der Waals surface area contributed by atoms with Crippen LogP contribution in [0.5, 0.6) is 0 Å². The Morgan fingerprint density at radius 2 is 1.92 bits per heavy atom. The summed E-state index contributed by atoms with van der Waals surface area (Å²) in [5, 5.41) is 4.47. The Morgan fingerprint density at radius 1 is 1.08 bits per heavy atom. The topological polar surface area (TPSA) is 37.8 Å². The third kappa shape index (κ3) is 3.14. The van der Waals surface area contributed by atoms with Gasteiger partial charge in [-0.3, -0.25) is 9.97 Å². The molecule has 0 spiro atoms. The van der Waals surface area contributed by atoms with Crippen molar-refractivity contribution < 1.29 is 13.2 Å². The van der Waals surface area contributed by atoms with E-state index in [2.05, 4.69) is 15.3 Å². The predicted molar refractivity (Wildman–Crippen MR) is 94.9 cm³/mol. The van der Waals surface area contributed by atoms with E-state index in [0.29, 0.717) is 5.56 Å². The summed E-state index contributed by atoms with van der Waals surface area (Å²) in [7, 11) is 0. The van der Waals surface area contributed by atoms with Crippen LogP contribution in [0.1, 0.15) is 23.5 Å². The first kappa shape index (κ1) is 16.6. The quantitative estimate of drug-likeness (QED) is 0.659. The molecule has 1 aromatic carbocycles. The number of para-hydroxylation sites is 1. The van der Waals surface area contributed by atoms with Crippen LogP contribution in [-0.4, -0.2) is 16.0 Å². The summed E-state index contributed by atoms with van der Waals surface area (Å²) in [5.74, 6) is -0.177. The van der Waals surface area contributed by atoms with Crippen molar-refractivity contribution >= 4 is 16.6 Å². The Kier molecular flexibility index (Phi) is 4.11. The van der Waals surface area contributed by atoms with E-state index in [1.165, 1.54) is 12.3 Å². The van der Waals surface area contributed by atoms with Gasteiger partial charge in [0.05, 0.1) is 16.8 Å². The SMILES string of the molecule is FC(F)(F)c1cncc(C2C=CCC2Nc2cccc3cccnc23)c1. The molecule has 0 saturated heterocycles. The summed E-state index contributed by atoms with van der Waals surface area (Å²) >= 11 is 0. The number of halogens is 3. The monoisotopic (exact) mass is 355 g/mol. The molecule has 1 aliphatic carbocycles. The molecule has 0 saturated carbocycles. The third-order valence-corrected chi connectivity index (χ3v) is 4.61. The summed E-state index contributed by atoms with van der Waals surface area (Å²) in [4.78, 5) is 8.22. The highest BCUT2D eigenvalue weighted by molar-refractivity contribution is 5.90. The van der Waals surface area contributed by atoms with Gasteiger partial charge in [-0.15, -0.1) is 0 Å². The molecule has 2 unspecified atom stereocenters. The smallest absolute Gasteiger partial charge is 0.379 e. The van der Waals surface area contributed by atoms with Gasteiger partial charge in [-0.1, -0.05) is 30.4 Å². The molecule has 2 atom stereocenters. The minimum atomic E-state index is -4.40. The lowest BCUT2D eigenvalue weighted by Crippen LogP contribution is -2.23. The zero-order valence-corrected chi connectivity index (χ0v) is 13.7. The second-order valence-corrected chi connectivity index (χ2v) is 6.33. The molecule has 3 nitrogen and oxygen atoms in total. The molecule has 3 aromatic rings. The number of pyridine rings is 2. The van der Waals surface area contributed by atoms with Crippen LogP contribution < -0.4 is 5.32 Å². The van der Waals surface area contributed by atoms with Crippen LogP contribution in [0.25, 0.3) is 10.9 Å². The molecule has 1 aliphatic rings. The van der Waals surface area contributed by atoms with Gasteiger partial charge in [0.1, 0.15) is 0 Å². The van der Waals surface area contributed by atoms with E-state index in [1.807, 2.05) is 42.5 Å². The summed E-state index contributed by atoms with van der Waals surface area (Å²) < 4.78 is 39.0. The van der Waals surface area contributed by atoms with Crippen LogP contribution in [0, 0.1) is 0 Å². The van der Waals surface area contributed by atoms with Crippen molar-refractivity contribution in [3.8, 4) is 0 Å². The molecule has 2 heterocycles. The molecule has 2 aromatic heterocycles. The summed E-state index contributed by atoms with van der Waals surface area (Å²) in [6.45, 7) is 0. The first-order valence-corrected chi connectivity index (χ1v) is 8.31. The largest absolute Gasteiger partial charge is 0.417 e. The molecule has 1 N–H and O–H groups in total. The Bertz CT molecular complexity index is 960. The normalized spacial score (nSPS) is 19.8. The minimum absolute atomic E-state index is 0.0483. The second kappa shape index (κ2) is 6.44. The van der Waals surface area contributed by atoms with Crippen LogP contribution in [0.4, 0.5) is 18.9 Å². The molecule has 0 radical (unpaired) electrons. The van der Waals surface area contributed by atoms with Crippen LogP contribution in [0.15, 0.2) is 67.1 Å². The number of rotatable bonds is 3. The fraction of sp³-hybridized carbons (Fsp3) is 0.200. The average Bonchev–Trinajstić information content (AvgIpc) is 3.10. The third-order valence-electron chi connectivity index (χ3n) is 4.61. The van der Waals surface area contributed by atoms with E-state index in [0.717, 1.165) is 29.2 Å². The van der Waals surface area contributed by atoms with Crippen molar-refractivity contribution in [1.82, 2.24) is 9.97 Å². The zero-order valence-electron chi connectivity index (χ0n) is 13.7. The highest BCUT2D eigenvalue weighted by atomic mass is 19.4. The van der Waals surface area contributed by atoms with Gasteiger partial charge in [-0.25, -0.2) is 0 Å². The van der Waals surface area contributed by atoms with Gasteiger partial charge < -0.3 is 5.32 Å². The van der Waals surface area contributed by atoms with Gasteiger partial charge in [-0.05, 0) is 30.2 Å². The predicted octanol–water partition coefficient (Wildman–Crippen LogP) is 5.17. The molecular formula is C20H16F3N3. The molecule has 4 rings (SSSR count). The second-order valence-electron chi connectivity index (χ2n) is 6.33. The van der Waals surface area contributed by atoms with E-state index in [1.54, 1.807) is 6.20 Å². The summed E-state index contributed by atoms with van der Waals surface area (Å²) in [6, 6.07) is 10.9. The maximum Gasteiger partial charge on any atom is 0.417 e.